The van der Waals surface area contributed by atoms with Crippen LogP contribution in [0.1, 0.15) is 67.5 Å². The van der Waals surface area contributed by atoms with Crippen LogP contribution in [0.5, 0.6) is 5.75 Å². The quantitative estimate of drug-likeness (QED) is 0.120. The van der Waals surface area contributed by atoms with Gasteiger partial charge in [-0.3, -0.25) is 4.68 Å². The fourth-order valence-corrected chi connectivity index (χ4v) is 6.43. The molecule has 0 unspecified atom stereocenters. The minimum atomic E-state index is -0.287. The van der Waals surface area contributed by atoms with E-state index in [1.165, 1.54) is 0 Å². The van der Waals surface area contributed by atoms with Crippen LogP contribution in [0.3, 0.4) is 0 Å². The van der Waals surface area contributed by atoms with Crippen LogP contribution in [0, 0.1) is 0 Å². The van der Waals surface area contributed by atoms with E-state index >= 15 is 0 Å². The summed E-state index contributed by atoms with van der Waals surface area (Å²) < 4.78 is 28.3. The number of hydrogen-bond donors (Lipinski definition) is 0. The summed E-state index contributed by atoms with van der Waals surface area (Å²) in [4.78, 5) is 13.7. The van der Waals surface area contributed by atoms with Crippen molar-refractivity contribution in [2.45, 2.75) is 72.3 Å². The molecule has 1 aliphatic heterocycles. The largest absolute Gasteiger partial charge is 0.493 e. The third-order valence-electron chi connectivity index (χ3n) is 8.45. The van der Waals surface area contributed by atoms with Crippen molar-refractivity contribution in [2.24, 2.45) is 7.05 Å². The molecule has 2 aromatic heterocycles. The number of para-hydroxylation sites is 1. The molecule has 0 radical (unpaired) electrons. The van der Waals surface area contributed by atoms with Gasteiger partial charge in [-0.25, -0.2) is 4.79 Å². The second kappa shape index (κ2) is 13.9. The molecular formula is C37H43N3O5. The van der Waals surface area contributed by atoms with Crippen LogP contribution >= 0.6 is 0 Å². The third kappa shape index (κ3) is 6.35. The first-order valence-corrected chi connectivity index (χ1v) is 16.1. The molecule has 3 aromatic carbocycles. The van der Waals surface area contributed by atoms with E-state index in [0.717, 1.165) is 74.8 Å². The van der Waals surface area contributed by atoms with E-state index in [-0.39, 0.29) is 12.1 Å². The number of hydrogen-bond acceptors (Lipinski definition) is 6. The van der Waals surface area contributed by atoms with Gasteiger partial charge >= 0.3 is 5.97 Å². The molecule has 1 aliphatic rings. The number of aryl methyl sites for hydroxylation is 3. The molecule has 0 saturated heterocycles. The number of nitrogens with zero attached hydrogens (tertiary/aromatic N) is 3. The van der Waals surface area contributed by atoms with Crippen molar-refractivity contribution in [3.05, 3.63) is 83.3 Å². The third-order valence-corrected chi connectivity index (χ3v) is 8.45. The Morgan fingerprint density at radius 3 is 2.67 bits per heavy atom. The highest BCUT2D eigenvalue weighted by molar-refractivity contribution is 6.05. The molecular weight excluding hydrogens is 566 g/mol. The average Bonchev–Trinajstić information content (AvgIpc) is 3.52. The summed E-state index contributed by atoms with van der Waals surface area (Å²) in [6.45, 7) is 8.93. The first kappa shape index (κ1) is 30.9. The topological polar surface area (TPSA) is 76.7 Å². The van der Waals surface area contributed by atoms with E-state index in [1.807, 2.05) is 56.8 Å². The predicted octanol–water partition coefficient (Wildman–Crippen LogP) is 7.62. The summed E-state index contributed by atoms with van der Waals surface area (Å²) >= 11 is 0. The number of carbonyl (C=O) groups excluding carboxylic acids is 1. The van der Waals surface area contributed by atoms with Crippen LogP contribution in [0.15, 0.2) is 60.7 Å². The smallest absolute Gasteiger partial charge is 0.355 e. The van der Waals surface area contributed by atoms with Crippen molar-refractivity contribution < 1.29 is 23.7 Å². The maximum atomic E-state index is 13.7. The van der Waals surface area contributed by atoms with Crippen molar-refractivity contribution in [1.29, 1.82) is 0 Å². The van der Waals surface area contributed by atoms with Crippen LogP contribution in [0.2, 0.25) is 0 Å². The number of esters is 1. The summed E-state index contributed by atoms with van der Waals surface area (Å²) in [5.41, 5.74) is 6.60. The average molecular weight is 610 g/mol. The van der Waals surface area contributed by atoms with Crippen molar-refractivity contribution in [3.8, 4) is 16.9 Å². The summed E-state index contributed by atoms with van der Waals surface area (Å²) in [6.07, 6.45) is 3.26. The number of ether oxygens (including phenoxy) is 4. The molecule has 8 nitrogen and oxygen atoms in total. The number of carbonyl (C=O) groups is 1. The lowest BCUT2D eigenvalue weighted by molar-refractivity contribution is 0.0512. The van der Waals surface area contributed by atoms with Crippen LogP contribution < -0.4 is 4.74 Å². The zero-order valence-electron chi connectivity index (χ0n) is 26.8. The van der Waals surface area contributed by atoms with E-state index in [1.54, 1.807) is 0 Å². The highest BCUT2D eigenvalue weighted by Crippen LogP contribution is 2.39. The second-order valence-electron chi connectivity index (χ2n) is 11.8. The van der Waals surface area contributed by atoms with Gasteiger partial charge in [0.1, 0.15) is 11.4 Å². The molecule has 236 valence electrons. The standard InChI is InChI=1S/C37H43N3O5/c1-5-43-37(41)36-29(18-12-22-44-33-19-10-14-26-13-6-7-15-27(26)33)28-16-11-17-30-34-31(23-45-25(2)3)38-39(4)32(34)24-42-21-9-8-20-40(36)35(28)30/h6-7,10-11,13-17,19,25H,5,8-9,12,18,20-24H2,1-4H3. The predicted molar refractivity (Wildman–Crippen MR) is 177 cm³/mol. The van der Waals surface area contributed by atoms with Crippen molar-refractivity contribution >= 4 is 27.6 Å². The summed E-state index contributed by atoms with van der Waals surface area (Å²) in [5.74, 6) is 0.589. The highest BCUT2D eigenvalue weighted by Gasteiger charge is 2.28. The van der Waals surface area contributed by atoms with Crippen molar-refractivity contribution in [2.75, 3.05) is 19.8 Å². The molecule has 0 aliphatic carbocycles. The Kier molecular flexibility index (Phi) is 9.52. The van der Waals surface area contributed by atoms with Crippen LogP contribution in [0.25, 0.3) is 32.8 Å². The molecule has 6 rings (SSSR count). The molecule has 3 heterocycles. The van der Waals surface area contributed by atoms with Gasteiger partial charge in [-0.2, -0.15) is 5.10 Å². The number of benzene rings is 3. The van der Waals surface area contributed by atoms with Gasteiger partial charge in [0.15, 0.2) is 0 Å². The Hall–Kier alpha value is -4.14. The van der Waals surface area contributed by atoms with E-state index in [0.29, 0.717) is 51.7 Å². The maximum absolute atomic E-state index is 13.7. The highest BCUT2D eigenvalue weighted by atomic mass is 16.5. The van der Waals surface area contributed by atoms with E-state index in [4.69, 9.17) is 24.0 Å². The minimum absolute atomic E-state index is 0.0689. The Balaban J connectivity index is 1.43. The molecule has 0 saturated carbocycles. The SMILES string of the molecule is CCOC(=O)c1c(CCCOc2cccc3ccccc23)c2cccc3c2n1CCCCOCc1c-3c(COC(C)C)nn1C. The van der Waals surface area contributed by atoms with Crippen LogP contribution in [0.4, 0.5) is 0 Å². The lowest BCUT2D eigenvalue weighted by atomic mass is 9.98. The second-order valence-corrected chi connectivity index (χ2v) is 11.8. The fraction of sp³-hybridized carbons (Fsp3) is 0.405. The summed E-state index contributed by atoms with van der Waals surface area (Å²) in [7, 11) is 1.96. The zero-order valence-corrected chi connectivity index (χ0v) is 26.8. The lowest BCUT2D eigenvalue weighted by Crippen LogP contribution is -2.15. The normalized spacial score (nSPS) is 13.6. The van der Waals surface area contributed by atoms with Gasteiger partial charge in [0.2, 0.25) is 0 Å². The Morgan fingerprint density at radius 1 is 1.02 bits per heavy atom. The van der Waals surface area contributed by atoms with Gasteiger partial charge < -0.3 is 23.5 Å². The first-order valence-electron chi connectivity index (χ1n) is 16.1. The molecule has 5 aromatic rings. The molecule has 0 spiro atoms. The van der Waals surface area contributed by atoms with Crippen LogP contribution in [-0.4, -0.2) is 46.2 Å². The summed E-state index contributed by atoms with van der Waals surface area (Å²) in [5, 5.41) is 8.21. The van der Waals surface area contributed by atoms with Crippen molar-refractivity contribution in [1.82, 2.24) is 14.3 Å². The summed E-state index contributed by atoms with van der Waals surface area (Å²) in [6, 6.07) is 20.8. The van der Waals surface area contributed by atoms with E-state index in [9.17, 15) is 4.79 Å². The van der Waals surface area contributed by atoms with Crippen LogP contribution in [-0.2, 0) is 47.4 Å². The van der Waals surface area contributed by atoms with E-state index < -0.39 is 0 Å². The van der Waals surface area contributed by atoms with Crippen molar-refractivity contribution in [3.63, 3.8) is 0 Å². The lowest BCUT2D eigenvalue weighted by Gasteiger charge is -2.14. The Morgan fingerprint density at radius 2 is 1.82 bits per heavy atom. The first-order chi connectivity index (χ1) is 22.0. The number of fused-ring (bicyclic) bond motifs is 3. The molecule has 0 fully saturated rings. The number of aromatic nitrogens is 3. The molecule has 0 bridgehead atoms. The Bertz CT molecular complexity index is 1800. The van der Waals surface area contributed by atoms with Gasteiger partial charge in [0.05, 0.1) is 49.4 Å². The van der Waals surface area contributed by atoms with Gasteiger partial charge in [-0.05, 0) is 63.5 Å². The van der Waals surface area contributed by atoms with Gasteiger partial charge in [0.25, 0.3) is 0 Å². The fourth-order valence-electron chi connectivity index (χ4n) is 6.43. The Labute approximate surface area is 264 Å². The van der Waals surface area contributed by atoms with Gasteiger partial charge in [-0.1, -0.05) is 54.6 Å². The molecule has 0 N–H and O–H groups in total. The number of rotatable bonds is 10. The zero-order chi connectivity index (χ0) is 31.3. The molecule has 0 amide bonds. The molecule has 0 atom stereocenters. The maximum Gasteiger partial charge on any atom is 0.355 e. The van der Waals surface area contributed by atoms with Gasteiger partial charge in [0, 0.05) is 42.1 Å². The van der Waals surface area contributed by atoms with Gasteiger partial charge in [-0.15, -0.1) is 0 Å². The minimum Gasteiger partial charge on any atom is -0.493 e. The molecule has 8 heteroatoms. The van der Waals surface area contributed by atoms with E-state index in [2.05, 4.69) is 41.0 Å². The molecule has 45 heavy (non-hydrogen) atoms. The monoisotopic (exact) mass is 609 g/mol.